The van der Waals surface area contributed by atoms with Crippen molar-refractivity contribution in [3.8, 4) is 5.75 Å². The minimum atomic E-state index is -0.895. The van der Waals surface area contributed by atoms with Gasteiger partial charge in [0.2, 0.25) is 5.91 Å². The Morgan fingerprint density at radius 2 is 1.73 bits per heavy atom. The summed E-state index contributed by atoms with van der Waals surface area (Å²) in [4.78, 5) is 28.3. The molecule has 1 N–H and O–H groups in total. The van der Waals surface area contributed by atoms with Crippen molar-refractivity contribution in [3.63, 3.8) is 0 Å². The molecule has 3 rings (SSSR count). The predicted molar refractivity (Wildman–Crippen MR) is 117 cm³/mol. The monoisotopic (exact) mass is 424 g/mol. The molecule has 30 heavy (non-hydrogen) atoms. The van der Waals surface area contributed by atoms with Crippen LogP contribution in [0.25, 0.3) is 0 Å². The van der Waals surface area contributed by atoms with Gasteiger partial charge in [-0.3, -0.25) is 14.5 Å². The Hall–Kier alpha value is -3.26. The molecule has 0 aliphatic carbocycles. The molecule has 0 spiro atoms. The lowest BCUT2D eigenvalue weighted by molar-refractivity contribution is -0.123. The van der Waals surface area contributed by atoms with E-state index in [9.17, 15) is 9.59 Å². The first kappa shape index (κ1) is 21.4. The summed E-state index contributed by atoms with van der Waals surface area (Å²) in [7, 11) is 1.57. The number of amides is 2. The summed E-state index contributed by atoms with van der Waals surface area (Å²) in [6, 6.07) is 15.3. The molecule has 0 saturated heterocycles. The molecular weight excluding hydrogens is 400 g/mol. The van der Waals surface area contributed by atoms with Crippen molar-refractivity contribution < 1.29 is 14.3 Å². The van der Waals surface area contributed by atoms with E-state index in [1.165, 1.54) is 4.90 Å². The first-order valence-electron chi connectivity index (χ1n) is 9.42. The van der Waals surface area contributed by atoms with Gasteiger partial charge in [0.15, 0.2) is 5.69 Å². The molecule has 0 radical (unpaired) electrons. The van der Waals surface area contributed by atoms with E-state index in [-0.39, 0.29) is 11.6 Å². The molecule has 7 nitrogen and oxygen atoms in total. The number of anilines is 1. The second-order valence-corrected chi connectivity index (χ2v) is 8.33. The van der Waals surface area contributed by atoms with Crippen LogP contribution in [-0.4, -0.2) is 34.1 Å². The molecule has 156 valence electrons. The maximum atomic E-state index is 13.5. The molecule has 1 aromatic heterocycles. The van der Waals surface area contributed by atoms with E-state index in [2.05, 4.69) is 14.9 Å². The van der Waals surface area contributed by atoms with Crippen LogP contribution < -0.4 is 15.0 Å². The minimum Gasteiger partial charge on any atom is -0.497 e. The number of carbonyl (C=O) groups excluding carboxylic acids is 2. The largest absolute Gasteiger partial charge is 0.497 e. The van der Waals surface area contributed by atoms with Gasteiger partial charge in [-0.1, -0.05) is 34.8 Å². The second kappa shape index (κ2) is 9.04. The van der Waals surface area contributed by atoms with Gasteiger partial charge in [-0.2, -0.15) is 0 Å². The number of methoxy groups -OCH3 is 1. The number of rotatable bonds is 6. The maximum absolute atomic E-state index is 13.5. The number of carbonyl (C=O) groups is 2. The average Bonchev–Trinajstić information content (AvgIpc) is 3.26. The van der Waals surface area contributed by atoms with Gasteiger partial charge in [0.05, 0.1) is 7.11 Å². The van der Waals surface area contributed by atoms with Crippen LogP contribution >= 0.6 is 11.5 Å². The van der Waals surface area contributed by atoms with Crippen molar-refractivity contribution in [2.24, 2.45) is 0 Å². The van der Waals surface area contributed by atoms with E-state index in [0.29, 0.717) is 17.0 Å². The standard InChI is InChI=1S/C22H24N4O3S/c1-22(2,3)23-20(27)19(15-8-6-5-7-9-15)26(21(28)18-14-30-25-24-18)16-10-12-17(29-4)13-11-16/h5-14,19H,1-4H3,(H,23,27). The van der Waals surface area contributed by atoms with Gasteiger partial charge in [-0.15, -0.1) is 5.10 Å². The third-order valence-electron chi connectivity index (χ3n) is 4.27. The fraction of sp³-hybridized carbons (Fsp3) is 0.273. The molecule has 0 bridgehead atoms. The van der Waals surface area contributed by atoms with Crippen LogP contribution in [0, 0.1) is 0 Å². The molecule has 0 fully saturated rings. The zero-order valence-corrected chi connectivity index (χ0v) is 18.1. The number of aromatic nitrogens is 2. The van der Waals surface area contributed by atoms with Gasteiger partial charge < -0.3 is 10.1 Å². The number of hydrogen-bond acceptors (Lipinski definition) is 6. The van der Waals surface area contributed by atoms with Crippen molar-refractivity contribution in [2.75, 3.05) is 12.0 Å². The third kappa shape index (κ3) is 5.01. The molecule has 2 aromatic carbocycles. The Balaban J connectivity index is 2.14. The first-order valence-corrected chi connectivity index (χ1v) is 10.3. The highest BCUT2D eigenvalue weighted by Gasteiger charge is 2.35. The number of nitrogens with zero attached hydrogens (tertiary/aromatic N) is 3. The molecule has 0 aliphatic heterocycles. The van der Waals surface area contributed by atoms with E-state index in [4.69, 9.17) is 4.74 Å². The zero-order chi connectivity index (χ0) is 21.7. The molecular formula is C22H24N4O3S. The molecule has 0 saturated carbocycles. The van der Waals surface area contributed by atoms with Gasteiger partial charge in [0.1, 0.15) is 11.8 Å². The lowest BCUT2D eigenvalue weighted by atomic mass is 10.0. The summed E-state index contributed by atoms with van der Waals surface area (Å²) < 4.78 is 9.04. The number of hydrogen-bond donors (Lipinski definition) is 1. The fourth-order valence-electron chi connectivity index (χ4n) is 3.00. The Labute approximate surface area is 179 Å². The quantitative estimate of drug-likeness (QED) is 0.650. The summed E-state index contributed by atoms with van der Waals surface area (Å²) in [5.74, 6) is -0.0511. The van der Waals surface area contributed by atoms with Crippen molar-refractivity contribution in [1.82, 2.24) is 14.9 Å². The number of ether oxygens (including phenoxy) is 1. The van der Waals surface area contributed by atoms with E-state index < -0.39 is 17.5 Å². The van der Waals surface area contributed by atoms with Crippen LogP contribution in [0.1, 0.15) is 42.9 Å². The van der Waals surface area contributed by atoms with Crippen LogP contribution in [0.3, 0.4) is 0 Å². The molecule has 1 atom stereocenters. The van der Waals surface area contributed by atoms with Gasteiger partial charge in [0.25, 0.3) is 5.91 Å². The van der Waals surface area contributed by atoms with Gasteiger partial charge in [-0.25, -0.2) is 0 Å². The maximum Gasteiger partial charge on any atom is 0.280 e. The van der Waals surface area contributed by atoms with Crippen LogP contribution in [0.4, 0.5) is 5.69 Å². The van der Waals surface area contributed by atoms with Crippen LogP contribution in [0.15, 0.2) is 60.0 Å². The van der Waals surface area contributed by atoms with Gasteiger partial charge in [0, 0.05) is 16.6 Å². The summed E-state index contributed by atoms with van der Waals surface area (Å²) in [6.45, 7) is 5.70. The molecule has 2 amide bonds. The minimum absolute atomic E-state index is 0.181. The number of nitrogens with one attached hydrogen (secondary N) is 1. The summed E-state index contributed by atoms with van der Waals surface area (Å²) >= 11 is 1.08. The lowest BCUT2D eigenvalue weighted by Crippen LogP contribution is -2.49. The van der Waals surface area contributed by atoms with E-state index >= 15 is 0 Å². The van der Waals surface area contributed by atoms with E-state index in [0.717, 1.165) is 11.5 Å². The van der Waals surface area contributed by atoms with Crippen LogP contribution in [0.5, 0.6) is 5.75 Å². The highest BCUT2D eigenvalue weighted by atomic mass is 32.1. The second-order valence-electron chi connectivity index (χ2n) is 7.72. The molecule has 3 aromatic rings. The molecule has 8 heteroatoms. The van der Waals surface area contributed by atoms with E-state index in [1.807, 2.05) is 51.1 Å². The number of benzene rings is 2. The van der Waals surface area contributed by atoms with Gasteiger partial charge in [-0.05, 0) is 62.1 Å². The van der Waals surface area contributed by atoms with Gasteiger partial charge >= 0.3 is 0 Å². The smallest absolute Gasteiger partial charge is 0.280 e. The third-order valence-corrected chi connectivity index (χ3v) is 4.77. The molecule has 1 heterocycles. The van der Waals surface area contributed by atoms with Crippen molar-refractivity contribution in [2.45, 2.75) is 32.4 Å². The van der Waals surface area contributed by atoms with Crippen molar-refractivity contribution >= 4 is 29.0 Å². The van der Waals surface area contributed by atoms with Crippen LogP contribution in [0.2, 0.25) is 0 Å². The predicted octanol–water partition coefficient (Wildman–Crippen LogP) is 3.85. The van der Waals surface area contributed by atoms with Crippen molar-refractivity contribution in [1.29, 1.82) is 0 Å². The van der Waals surface area contributed by atoms with Crippen LogP contribution in [-0.2, 0) is 4.79 Å². The summed E-state index contributed by atoms with van der Waals surface area (Å²) in [6.07, 6.45) is 0. The Kier molecular flexibility index (Phi) is 6.47. The highest BCUT2D eigenvalue weighted by molar-refractivity contribution is 7.03. The topological polar surface area (TPSA) is 84.4 Å². The lowest BCUT2D eigenvalue weighted by Gasteiger charge is -2.33. The average molecular weight is 425 g/mol. The molecule has 1 unspecified atom stereocenters. The Bertz CT molecular complexity index is 983. The molecule has 0 aliphatic rings. The Morgan fingerprint density at radius 1 is 1.07 bits per heavy atom. The Morgan fingerprint density at radius 3 is 2.27 bits per heavy atom. The normalized spacial score (nSPS) is 12.1. The SMILES string of the molecule is COc1ccc(N(C(=O)c2csnn2)C(C(=O)NC(C)(C)C)c2ccccc2)cc1. The first-order chi connectivity index (χ1) is 14.3. The van der Waals surface area contributed by atoms with Crippen molar-refractivity contribution in [3.05, 3.63) is 71.2 Å². The highest BCUT2D eigenvalue weighted by Crippen LogP contribution is 2.31. The summed E-state index contributed by atoms with van der Waals surface area (Å²) in [5, 5.41) is 8.50. The fourth-order valence-corrected chi connectivity index (χ4v) is 3.43. The zero-order valence-electron chi connectivity index (χ0n) is 17.3. The van der Waals surface area contributed by atoms with E-state index in [1.54, 1.807) is 36.8 Å². The summed E-state index contributed by atoms with van der Waals surface area (Å²) in [5.41, 5.74) is 0.944.